The Morgan fingerprint density at radius 2 is 2.16 bits per heavy atom. The molecule has 0 saturated carbocycles. The van der Waals surface area contributed by atoms with Gasteiger partial charge in [-0.2, -0.15) is 4.31 Å². The van der Waals surface area contributed by atoms with Gasteiger partial charge in [-0.25, -0.2) is 12.8 Å². The monoisotopic (exact) mass is 288 g/mol. The van der Waals surface area contributed by atoms with Gasteiger partial charge >= 0.3 is 0 Å². The summed E-state index contributed by atoms with van der Waals surface area (Å²) in [6, 6.07) is 2.51. The minimum absolute atomic E-state index is 0.00435. The van der Waals surface area contributed by atoms with Crippen LogP contribution < -0.4 is 5.73 Å². The van der Waals surface area contributed by atoms with Crippen LogP contribution in [0.25, 0.3) is 0 Å². The Labute approximate surface area is 111 Å². The second-order valence-electron chi connectivity index (χ2n) is 4.81. The van der Waals surface area contributed by atoms with Crippen molar-refractivity contribution < 1.29 is 17.9 Å². The van der Waals surface area contributed by atoms with Crippen LogP contribution in [-0.2, 0) is 10.0 Å². The molecule has 0 amide bonds. The third-order valence-corrected chi connectivity index (χ3v) is 5.08. The maximum Gasteiger partial charge on any atom is 0.246 e. The molecule has 3 N–H and O–H groups in total. The van der Waals surface area contributed by atoms with Gasteiger partial charge in [0, 0.05) is 18.8 Å². The Balaban J connectivity index is 2.45. The summed E-state index contributed by atoms with van der Waals surface area (Å²) >= 11 is 0. The second kappa shape index (κ2) is 5.07. The number of halogens is 1. The van der Waals surface area contributed by atoms with Crippen molar-refractivity contribution in [1.29, 1.82) is 0 Å². The molecule has 19 heavy (non-hydrogen) atoms. The first kappa shape index (κ1) is 14.2. The Hall–Kier alpha value is -1.18. The van der Waals surface area contributed by atoms with Gasteiger partial charge in [-0.05, 0) is 37.5 Å². The number of nitrogens with two attached hydrogens (primary N) is 1. The molecule has 1 aliphatic rings. The first-order valence-electron chi connectivity index (χ1n) is 6.06. The number of hydrogen-bond acceptors (Lipinski definition) is 4. The van der Waals surface area contributed by atoms with Crippen molar-refractivity contribution in [2.75, 3.05) is 18.8 Å². The van der Waals surface area contributed by atoms with E-state index in [0.717, 1.165) is 10.4 Å². The SMILES string of the molecule is Cc1cc(N)cc(S(=O)(=O)N2CCC[C@H](O)C2)c1F. The lowest BCUT2D eigenvalue weighted by Gasteiger charge is -2.29. The van der Waals surface area contributed by atoms with Gasteiger partial charge in [0.2, 0.25) is 10.0 Å². The van der Waals surface area contributed by atoms with E-state index in [9.17, 15) is 17.9 Å². The molecule has 1 aromatic carbocycles. The van der Waals surface area contributed by atoms with Gasteiger partial charge in [0.05, 0.1) is 6.10 Å². The number of hydrogen-bond donors (Lipinski definition) is 2. The van der Waals surface area contributed by atoms with E-state index in [2.05, 4.69) is 0 Å². The molecule has 1 atom stereocenters. The predicted molar refractivity (Wildman–Crippen MR) is 69.5 cm³/mol. The van der Waals surface area contributed by atoms with Crippen LogP contribution in [0.5, 0.6) is 0 Å². The van der Waals surface area contributed by atoms with Gasteiger partial charge in [0.1, 0.15) is 10.7 Å². The third kappa shape index (κ3) is 2.72. The summed E-state index contributed by atoms with van der Waals surface area (Å²) in [5, 5.41) is 9.54. The standard InChI is InChI=1S/C12H17FN2O3S/c1-8-5-9(14)6-11(12(8)13)19(17,18)15-4-2-3-10(16)7-15/h5-6,10,16H,2-4,7,14H2,1H3/t10-/m0/s1. The number of β-amino-alcohol motifs (C(OH)–C–C–N with tert-alkyl or cyclic N) is 1. The molecule has 0 aromatic heterocycles. The van der Waals surface area contributed by atoms with Crippen LogP contribution in [0.3, 0.4) is 0 Å². The average molecular weight is 288 g/mol. The molecule has 0 spiro atoms. The lowest BCUT2D eigenvalue weighted by atomic mass is 10.1. The summed E-state index contributed by atoms with van der Waals surface area (Å²) < 4.78 is 39.9. The van der Waals surface area contributed by atoms with E-state index in [4.69, 9.17) is 5.73 Å². The topological polar surface area (TPSA) is 83.6 Å². The lowest BCUT2D eigenvalue weighted by molar-refractivity contribution is 0.108. The number of anilines is 1. The van der Waals surface area contributed by atoms with Gasteiger partial charge in [-0.1, -0.05) is 0 Å². The molecule has 106 valence electrons. The number of piperidine rings is 1. The van der Waals surface area contributed by atoms with E-state index in [1.54, 1.807) is 0 Å². The number of aliphatic hydroxyl groups excluding tert-OH is 1. The normalized spacial score (nSPS) is 21.5. The molecule has 1 fully saturated rings. The molecule has 1 saturated heterocycles. The fourth-order valence-electron chi connectivity index (χ4n) is 2.23. The van der Waals surface area contributed by atoms with Crippen molar-refractivity contribution in [1.82, 2.24) is 4.31 Å². The summed E-state index contributed by atoms with van der Waals surface area (Å²) in [6.45, 7) is 1.75. The second-order valence-corrected chi connectivity index (χ2v) is 6.72. The Bertz CT molecular complexity index is 589. The van der Waals surface area contributed by atoms with Crippen LogP contribution in [0.15, 0.2) is 17.0 Å². The van der Waals surface area contributed by atoms with E-state index < -0.39 is 26.8 Å². The Kier molecular flexibility index (Phi) is 3.80. The van der Waals surface area contributed by atoms with Gasteiger partial charge in [0.25, 0.3) is 0 Å². The molecule has 0 bridgehead atoms. The number of rotatable bonds is 2. The van der Waals surface area contributed by atoms with E-state index in [-0.39, 0.29) is 24.3 Å². The maximum atomic E-state index is 14.0. The summed E-state index contributed by atoms with van der Waals surface area (Å²) in [6.07, 6.45) is 0.419. The fraction of sp³-hybridized carbons (Fsp3) is 0.500. The highest BCUT2D eigenvalue weighted by molar-refractivity contribution is 7.89. The van der Waals surface area contributed by atoms with Crippen molar-refractivity contribution in [2.45, 2.75) is 30.8 Å². The number of nitrogens with zero attached hydrogens (tertiary/aromatic N) is 1. The highest BCUT2D eigenvalue weighted by atomic mass is 32.2. The first-order valence-corrected chi connectivity index (χ1v) is 7.50. The number of aryl methyl sites for hydroxylation is 1. The molecule has 5 nitrogen and oxygen atoms in total. The van der Waals surface area contributed by atoms with Crippen molar-refractivity contribution in [3.8, 4) is 0 Å². The van der Waals surface area contributed by atoms with Crippen molar-refractivity contribution in [3.63, 3.8) is 0 Å². The smallest absolute Gasteiger partial charge is 0.246 e. The van der Waals surface area contributed by atoms with Crippen LogP contribution in [0.4, 0.5) is 10.1 Å². The number of aliphatic hydroxyl groups is 1. The van der Waals surface area contributed by atoms with E-state index in [1.807, 2.05) is 0 Å². The van der Waals surface area contributed by atoms with Crippen molar-refractivity contribution in [3.05, 3.63) is 23.5 Å². The molecule has 1 heterocycles. The molecule has 1 aliphatic heterocycles. The van der Waals surface area contributed by atoms with E-state index in [1.165, 1.54) is 13.0 Å². The van der Waals surface area contributed by atoms with Crippen molar-refractivity contribution in [2.24, 2.45) is 0 Å². The Morgan fingerprint density at radius 1 is 1.47 bits per heavy atom. The highest BCUT2D eigenvalue weighted by Gasteiger charge is 2.32. The molecule has 2 rings (SSSR count). The molecule has 7 heteroatoms. The molecular formula is C12H17FN2O3S. The number of benzene rings is 1. The molecule has 0 unspecified atom stereocenters. The highest BCUT2D eigenvalue weighted by Crippen LogP contribution is 2.26. The van der Waals surface area contributed by atoms with Crippen LogP contribution >= 0.6 is 0 Å². The summed E-state index contributed by atoms with van der Waals surface area (Å²) in [7, 11) is -3.95. The maximum absolute atomic E-state index is 14.0. The fourth-order valence-corrected chi connectivity index (χ4v) is 3.92. The quantitative estimate of drug-likeness (QED) is 0.791. The van der Waals surface area contributed by atoms with Crippen LogP contribution in [0.2, 0.25) is 0 Å². The van der Waals surface area contributed by atoms with Gasteiger partial charge in [0.15, 0.2) is 0 Å². The zero-order valence-electron chi connectivity index (χ0n) is 10.6. The summed E-state index contributed by atoms with van der Waals surface area (Å²) in [5.74, 6) is -0.783. The van der Waals surface area contributed by atoms with Gasteiger partial charge < -0.3 is 10.8 Å². The van der Waals surface area contributed by atoms with E-state index in [0.29, 0.717) is 12.8 Å². The first-order chi connectivity index (χ1) is 8.82. The number of sulfonamides is 1. The van der Waals surface area contributed by atoms with E-state index >= 15 is 0 Å². The lowest BCUT2D eigenvalue weighted by Crippen LogP contribution is -2.42. The predicted octanol–water partition coefficient (Wildman–Crippen LogP) is 0.862. The van der Waals surface area contributed by atoms with Gasteiger partial charge in [-0.3, -0.25) is 0 Å². The number of nitrogen functional groups attached to an aromatic ring is 1. The molecular weight excluding hydrogens is 271 g/mol. The van der Waals surface area contributed by atoms with Crippen LogP contribution in [0, 0.1) is 12.7 Å². The zero-order chi connectivity index (χ0) is 14.2. The summed E-state index contributed by atoms with van der Waals surface area (Å²) in [4.78, 5) is -0.417. The minimum Gasteiger partial charge on any atom is -0.399 e. The zero-order valence-corrected chi connectivity index (χ0v) is 11.5. The largest absolute Gasteiger partial charge is 0.399 e. The van der Waals surface area contributed by atoms with Crippen LogP contribution in [-0.4, -0.2) is 37.0 Å². The average Bonchev–Trinajstić information content (AvgIpc) is 2.33. The Morgan fingerprint density at radius 3 is 2.79 bits per heavy atom. The summed E-state index contributed by atoms with van der Waals surface area (Å²) in [5.41, 5.74) is 5.98. The minimum atomic E-state index is -3.95. The molecule has 0 aliphatic carbocycles. The van der Waals surface area contributed by atoms with Crippen LogP contribution in [0.1, 0.15) is 18.4 Å². The molecule has 0 radical (unpaired) electrons. The van der Waals surface area contributed by atoms with Crippen molar-refractivity contribution >= 4 is 15.7 Å². The van der Waals surface area contributed by atoms with Gasteiger partial charge in [-0.15, -0.1) is 0 Å². The third-order valence-electron chi connectivity index (χ3n) is 3.22. The molecule has 1 aromatic rings.